The van der Waals surface area contributed by atoms with Gasteiger partial charge in [0.25, 0.3) is 5.91 Å². The van der Waals surface area contributed by atoms with Crippen molar-refractivity contribution in [2.24, 2.45) is 0 Å². The highest BCUT2D eigenvalue weighted by molar-refractivity contribution is 5.96. The lowest BCUT2D eigenvalue weighted by atomic mass is 10.2. The number of nitrogens with one attached hydrogen (secondary N) is 1. The zero-order chi connectivity index (χ0) is 18.2. The fourth-order valence-electron chi connectivity index (χ4n) is 2.94. The Hall–Kier alpha value is -2.73. The molecule has 2 heterocycles. The van der Waals surface area contributed by atoms with E-state index in [2.05, 4.69) is 10.3 Å². The lowest BCUT2D eigenvalue weighted by Crippen LogP contribution is -2.43. The number of hydrogen-bond acceptors (Lipinski definition) is 4. The highest BCUT2D eigenvalue weighted by Gasteiger charge is 2.23. The van der Waals surface area contributed by atoms with E-state index in [-0.39, 0.29) is 24.5 Å². The van der Waals surface area contributed by atoms with Gasteiger partial charge in [-0.3, -0.25) is 14.6 Å². The quantitative estimate of drug-likeness (QED) is 0.827. The number of aromatic nitrogens is 1. The lowest BCUT2D eigenvalue weighted by molar-refractivity contribution is -0.132. The molecule has 1 unspecified atom stereocenters. The average molecular weight is 353 g/mol. The van der Waals surface area contributed by atoms with E-state index >= 15 is 0 Å². The minimum atomic E-state index is -0.256. The highest BCUT2D eigenvalue weighted by atomic mass is 16.5. The van der Waals surface area contributed by atoms with E-state index in [4.69, 9.17) is 4.74 Å². The van der Waals surface area contributed by atoms with Gasteiger partial charge in [0.15, 0.2) is 0 Å². The molecule has 1 N–H and O–H groups in total. The fourth-order valence-corrected chi connectivity index (χ4v) is 2.94. The molecular formula is C20H23N3O3. The Morgan fingerprint density at radius 1 is 1.15 bits per heavy atom. The second kappa shape index (κ2) is 9.10. The molecule has 136 valence electrons. The maximum Gasteiger partial charge on any atom is 0.251 e. The summed E-state index contributed by atoms with van der Waals surface area (Å²) in [6, 6.07) is 14.5. The molecule has 0 bridgehead atoms. The molecule has 0 spiro atoms. The van der Waals surface area contributed by atoms with E-state index in [0.29, 0.717) is 18.7 Å². The molecule has 1 fully saturated rings. The van der Waals surface area contributed by atoms with E-state index in [1.54, 1.807) is 35.4 Å². The molecule has 1 aliphatic rings. The number of amides is 2. The molecule has 2 aromatic rings. The van der Waals surface area contributed by atoms with Crippen LogP contribution in [-0.2, 0) is 16.1 Å². The molecule has 26 heavy (non-hydrogen) atoms. The number of hydrogen-bond donors (Lipinski definition) is 1. The smallest absolute Gasteiger partial charge is 0.251 e. The SMILES string of the molecule is O=C(NCC(=O)N(Cc1ccccn1)CC1CCCO1)c1ccccc1. The van der Waals surface area contributed by atoms with Crippen molar-refractivity contribution in [2.45, 2.75) is 25.5 Å². The summed E-state index contributed by atoms with van der Waals surface area (Å²) in [6.45, 7) is 1.60. The highest BCUT2D eigenvalue weighted by Crippen LogP contribution is 2.15. The Balaban J connectivity index is 1.60. The van der Waals surface area contributed by atoms with Gasteiger partial charge in [-0.2, -0.15) is 0 Å². The van der Waals surface area contributed by atoms with Gasteiger partial charge < -0.3 is 15.0 Å². The third-order valence-corrected chi connectivity index (χ3v) is 4.32. The van der Waals surface area contributed by atoms with Crippen molar-refractivity contribution < 1.29 is 14.3 Å². The van der Waals surface area contributed by atoms with E-state index in [1.807, 2.05) is 24.3 Å². The van der Waals surface area contributed by atoms with Gasteiger partial charge in [-0.15, -0.1) is 0 Å². The Bertz CT molecular complexity index is 716. The van der Waals surface area contributed by atoms with Crippen LogP contribution in [0.5, 0.6) is 0 Å². The van der Waals surface area contributed by atoms with E-state index in [9.17, 15) is 9.59 Å². The summed E-state index contributed by atoms with van der Waals surface area (Å²) in [6.07, 6.45) is 3.72. The molecule has 0 aliphatic carbocycles. The Labute approximate surface area is 153 Å². The van der Waals surface area contributed by atoms with Crippen molar-refractivity contribution in [1.29, 1.82) is 0 Å². The Morgan fingerprint density at radius 2 is 1.96 bits per heavy atom. The summed E-state index contributed by atoms with van der Waals surface area (Å²) >= 11 is 0. The zero-order valence-corrected chi connectivity index (χ0v) is 14.6. The first kappa shape index (κ1) is 18.1. The summed E-state index contributed by atoms with van der Waals surface area (Å²) in [5.74, 6) is -0.399. The Kier molecular flexibility index (Phi) is 6.33. The number of nitrogens with zero attached hydrogens (tertiary/aromatic N) is 2. The molecule has 1 aromatic carbocycles. The molecule has 0 saturated carbocycles. The molecule has 1 aromatic heterocycles. The summed E-state index contributed by atoms with van der Waals surface area (Å²) in [7, 11) is 0. The lowest BCUT2D eigenvalue weighted by Gasteiger charge is -2.25. The topological polar surface area (TPSA) is 71.5 Å². The summed E-state index contributed by atoms with van der Waals surface area (Å²) in [4.78, 5) is 30.9. The van der Waals surface area contributed by atoms with Crippen LogP contribution < -0.4 is 5.32 Å². The number of benzene rings is 1. The molecule has 0 radical (unpaired) electrons. The minimum absolute atomic E-state index is 0.0483. The van der Waals surface area contributed by atoms with Crippen molar-refractivity contribution in [1.82, 2.24) is 15.2 Å². The molecule has 6 nitrogen and oxygen atoms in total. The van der Waals surface area contributed by atoms with Gasteiger partial charge in [0, 0.05) is 24.9 Å². The van der Waals surface area contributed by atoms with Crippen LogP contribution in [0.2, 0.25) is 0 Å². The van der Waals surface area contributed by atoms with Crippen LogP contribution in [0.1, 0.15) is 28.9 Å². The first-order chi connectivity index (χ1) is 12.7. The number of rotatable bonds is 7. The van der Waals surface area contributed by atoms with E-state index in [1.165, 1.54) is 0 Å². The number of ether oxygens (including phenoxy) is 1. The second-order valence-corrected chi connectivity index (χ2v) is 6.28. The van der Waals surface area contributed by atoms with Crippen molar-refractivity contribution in [3.05, 3.63) is 66.0 Å². The number of pyridine rings is 1. The summed E-state index contributed by atoms with van der Waals surface area (Å²) < 4.78 is 5.66. The van der Waals surface area contributed by atoms with Gasteiger partial charge >= 0.3 is 0 Å². The maximum atomic E-state index is 12.7. The van der Waals surface area contributed by atoms with Crippen LogP contribution in [0.3, 0.4) is 0 Å². The van der Waals surface area contributed by atoms with Gasteiger partial charge in [0.1, 0.15) is 0 Å². The minimum Gasteiger partial charge on any atom is -0.376 e. The van der Waals surface area contributed by atoms with Crippen LogP contribution in [-0.4, -0.2) is 47.5 Å². The second-order valence-electron chi connectivity index (χ2n) is 6.28. The van der Waals surface area contributed by atoms with Crippen molar-refractivity contribution in [2.75, 3.05) is 19.7 Å². The van der Waals surface area contributed by atoms with Gasteiger partial charge in [-0.1, -0.05) is 24.3 Å². The molecule has 3 rings (SSSR count). The normalized spacial score (nSPS) is 16.2. The van der Waals surface area contributed by atoms with E-state index in [0.717, 1.165) is 25.1 Å². The van der Waals surface area contributed by atoms with Crippen molar-refractivity contribution in [3.63, 3.8) is 0 Å². The number of carbonyl (C=O) groups excluding carboxylic acids is 2. The van der Waals surface area contributed by atoms with Crippen molar-refractivity contribution in [3.8, 4) is 0 Å². The van der Waals surface area contributed by atoms with Crippen LogP contribution in [0.15, 0.2) is 54.7 Å². The third-order valence-electron chi connectivity index (χ3n) is 4.32. The standard InChI is InChI=1S/C20H23N3O3/c24-19(13-22-20(25)16-7-2-1-3-8-16)23(15-18-10-6-12-26-18)14-17-9-4-5-11-21-17/h1-5,7-9,11,18H,6,10,12-15H2,(H,22,25). The fraction of sp³-hybridized carbons (Fsp3) is 0.350. The van der Waals surface area contributed by atoms with Crippen LogP contribution in [0.25, 0.3) is 0 Å². The first-order valence-corrected chi connectivity index (χ1v) is 8.85. The van der Waals surface area contributed by atoms with Gasteiger partial charge in [0.05, 0.1) is 24.9 Å². The summed E-state index contributed by atoms with van der Waals surface area (Å²) in [5, 5.41) is 2.70. The average Bonchev–Trinajstić information content (AvgIpc) is 3.20. The molecule has 1 aliphatic heterocycles. The monoisotopic (exact) mass is 353 g/mol. The van der Waals surface area contributed by atoms with Crippen LogP contribution in [0, 0.1) is 0 Å². The molecule has 1 atom stereocenters. The van der Waals surface area contributed by atoms with Crippen LogP contribution in [0.4, 0.5) is 0 Å². The summed E-state index contributed by atoms with van der Waals surface area (Å²) in [5.41, 5.74) is 1.35. The zero-order valence-electron chi connectivity index (χ0n) is 14.6. The molecule has 2 amide bonds. The van der Waals surface area contributed by atoms with Gasteiger partial charge in [0.2, 0.25) is 5.91 Å². The molecule has 6 heteroatoms. The molecular weight excluding hydrogens is 330 g/mol. The van der Waals surface area contributed by atoms with E-state index < -0.39 is 0 Å². The van der Waals surface area contributed by atoms with Gasteiger partial charge in [-0.05, 0) is 37.1 Å². The van der Waals surface area contributed by atoms with Crippen molar-refractivity contribution >= 4 is 11.8 Å². The van der Waals surface area contributed by atoms with Gasteiger partial charge in [-0.25, -0.2) is 0 Å². The number of carbonyl (C=O) groups is 2. The maximum absolute atomic E-state index is 12.7. The molecule has 1 saturated heterocycles. The third kappa shape index (κ3) is 5.13. The largest absolute Gasteiger partial charge is 0.376 e. The Morgan fingerprint density at radius 3 is 2.65 bits per heavy atom. The predicted molar refractivity (Wildman–Crippen MR) is 97.4 cm³/mol. The first-order valence-electron chi connectivity index (χ1n) is 8.85. The van der Waals surface area contributed by atoms with Crippen LogP contribution >= 0.6 is 0 Å². The predicted octanol–water partition coefficient (Wildman–Crippen LogP) is 2.02.